The maximum absolute atomic E-state index is 12.8. The molecule has 0 saturated heterocycles. The van der Waals surface area contributed by atoms with E-state index in [-0.39, 0.29) is 5.91 Å². The van der Waals surface area contributed by atoms with Gasteiger partial charge in [-0.3, -0.25) is 9.10 Å². The average molecular weight is 358 g/mol. The fraction of sp³-hybridized carbons (Fsp3) is 0.421. The summed E-state index contributed by atoms with van der Waals surface area (Å²) in [7, 11) is -3.52. The normalized spacial score (nSPS) is 18.8. The van der Waals surface area contributed by atoms with Crippen molar-refractivity contribution in [3.8, 4) is 0 Å². The van der Waals surface area contributed by atoms with Gasteiger partial charge in [0.2, 0.25) is 5.91 Å². The molecule has 2 aliphatic rings. The van der Waals surface area contributed by atoms with Crippen LogP contribution in [0.25, 0.3) is 10.8 Å². The first-order valence-electron chi connectivity index (χ1n) is 8.91. The van der Waals surface area contributed by atoms with E-state index in [9.17, 15) is 13.2 Å². The molecular weight excluding hydrogens is 336 g/mol. The molecular formula is C19H22N2O3S. The number of benzene rings is 2. The molecule has 0 radical (unpaired) electrons. The van der Waals surface area contributed by atoms with E-state index in [0.29, 0.717) is 30.3 Å². The second-order valence-electron chi connectivity index (χ2n) is 6.86. The molecule has 6 heteroatoms. The topological polar surface area (TPSA) is 66.5 Å². The average Bonchev–Trinajstić information content (AvgIpc) is 3.17. The van der Waals surface area contributed by atoms with Gasteiger partial charge in [-0.1, -0.05) is 37.1 Å². The van der Waals surface area contributed by atoms with Crippen LogP contribution in [0.3, 0.4) is 0 Å². The third-order valence-corrected chi connectivity index (χ3v) is 7.02. The van der Waals surface area contributed by atoms with E-state index < -0.39 is 10.0 Å². The van der Waals surface area contributed by atoms with Crippen LogP contribution in [0.2, 0.25) is 0 Å². The molecule has 0 aromatic heterocycles. The number of hydrogen-bond donors (Lipinski definition) is 1. The maximum atomic E-state index is 12.8. The minimum absolute atomic E-state index is 0.0271. The molecule has 2 aromatic carbocycles. The molecule has 25 heavy (non-hydrogen) atoms. The lowest BCUT2D eigenvalue weighted by Crippen LogP contribution is -2.34. The van der Waals surface area contributed by atoms with Crippen molar-refractivity contribution in [3.05, 3.63) is 36.4 Å². The molecule has 1 amide bonds. The zero-order chi connectivity index (χ0) is 17.4. The Kier molecular flexibility index (Phi) is 4.15. The molecule has 0 bridgehead atoms. The maximum Gasteiger partial charge on any atom is 0.265 e. The van der Waals surface area contributed by atoms with Gasteiger partial charge >= 0.3 is 0 Å². The van der Waals surface area contributed by atoms with Crippen LogP contribution < -0.4 is 9.62 Å². The molecule has 1 aliphatic heterocycles. The van der Waals surface area contributed by atoms with Gasteiger partial charge in [-0.2, -0.15) is 0 Å². The van der Waals surface area contributed by atoms with Crippen molar-refractivity contribution in [1.82, 2.24) is 5.32 Å². The van der Waals surface area contributed by atoms with Gasteiger partial charge in [0, 0.05) is 24.4 Å². The molecule has 0 unspecified atom stereocenters. The lowest BCUT2D eigenvalue weighted by atomic mass is 10.1. The summed E-state index contributed by atoms with van der Waals surface area (Å²) in [5, 5.41) is 4.78. The van der Waals surface area contributed by atoms with E-state index in [1.54, 1.807) is 12.1 Å². The van der Waals surface area contributed by atoms with E-state index in [2.05, 4.69) is 5.32 Å². The van der Waals surface area contributed by atoms with E-state index in [1.807, 2.05) is 24.3 Å². The smallest absolute Gasteiger partial charge is 0.265 e. The van der Waals surface area contributed by atoms with Crippen LogP contribution >= 0.6 is 0 Å². The zero-order valence-corrected chi connectivity index (χ0v) is 14.9. The Hall–Kier alpha value is -2.08. The number of nitrogens with one attached hydrogen (secondary N) is 1. The number of carbonyl (C=O) groups is 1. The molecule has 1 N–H and O–H groups in total. The quantitative estimate of drug-likeness (QED) is 0.893. The lowest BCUT2D eigenvalue weighted by molar-refractivity contribution is -0.121. The molecule has 1 heterocycles. The van der Waals surface area contributed by atoms with Crippen LogP contribution in [0.5, 0.6) is 0 Å². The first kappa shape index (κ1) is 16.4. The van der Waals surface area contributed by atoms with Crippen molar-refractivity contribution in [2.45, 2.75) is 49.5 Å². The zero-order valence-electron chi connectivity index (χ0n) is 14.1. The molecule has 132 valence electrons. The highest BCUT2D eigenvalue weighted by molar-refractivity contribution is 7.93. The molecule has 5 nitrogen and oxygen atoms in total. The number of amides is 1. The van der Waals surface area contributed by atoms with Crippen LogP contribution in [0.4, 0.5) is 5.69 Å². The van der Waals surface area contributed by atoms with Crippen molar-refractivity contribution in [2.24, 2.45) is 0 Å². The van der Waals surface area contributed by atoms with E-state index in [4.69, 9.17) is 0 Å². The molecule has 1 fully saturated rings. The minimum atomic E-state index is -3.52. The molecule has 1 aliphatic carbocycles. The second-order valence-corrected chi connectivity index (χ2v) is 8.69. The lowest BCUT2D eigenvalue weighted by Gasteiger charge is -2.19. The van der Waals surface area contributed by atoms with Crippen molar-refractivity contribution in [3.63, 3.8) is 0 Å². The van der Waals surface area contributed by atoms with Gasteiger partial charge < -0.3 is 5.32 Å². The Morgan fingerprint density at radius 3 is 2.60 bits per heavy atom. The number of nitrogens with zero attached hydrogens (tertiary/aromatic N) is 1. The highest BCUT2D eigenvalue weighted by Crippen LogP contribution is 2.41. The molecule has 2 aromatic rings. The number of hydrogen-bond acceptors (Lipinski definition) is 3. The van der Waals surface area contributed by atoms with Crippen LogP contribution in [0.15, 0.2) is 41.3 Å². The van der Waals surface area contributed by atoms with Crippen molar-refractivity contribution in [1.29, 1.82) is 0 Å². The standard InChI is InChI=1S/C19H22N2O3S/c22-18(20-15-8-1-2-9-15)12-5-13-21-16-10-3-6-14-7-4-11-17(19(14)16)25(21,23)24/h3-4,6-7,10-11,15H,1-2,5,8-9,12-13H2,(H,20,22). The second kappa shape index (κ2) is 6.33. The van der Waals surface area contributed by atoms with Gasteiger partial charge in [-0.25, -0.2) is 8.42 Å². The minimum Gasteiger partial charge on any atom is -0.353 e. The first-order chi connectivity index (χ1) is 12.1. The van der Waals surface area contributed by atoms with E-state index in [0.717, 1.165) is 29.3 Å². The summed E-state index contributed by atoms with van der Waals surface area (Å²) >= 11 is 0. The summed E-state index contributed by atoms with van der Waals surface area (Å²) in [4.78, 5) is 12.4. The van der Waals surface area contributed by atoms with Gasteiger partial charge in [-0.05, 0) is 36.8 Å². The molecule has 4 rings (SSSR count). The summed E-state index contributed by atoms with van der Waals surface area (Å²) < 4.78 is 27.1. The summed E-state index contributed by atoms with van der Waals surface area (Å²) in [5.41, 5.74) is 0.726. The molecule has 0 spiro atoms. The Balaban J connectivity index is 1.46. The summed E-state index contributed by atoms with van der Waals surface area (Å²) in [6.07, 6.45) is 5.35. The predicted molar refractivity (Wildman–Crippen MR) is 98.1 cm³/mol. The summed E-state index contributed by atoms with van der Waals surface area (Å²) in [5.74, 6) is 0.0271. The van der Waals surface area contributed by atoms with Crippen molar-refractivity contribution in [2.75, 3.05) is 10.8 Å². The monoisotopic (exact) mass is 358 g/mol. The van der Waals surface area contributed by atoms with E-state index in [1.165, 1.54) is 17.1 Å². The van der Waals surface area contributed by atoms with Gasteiger partial charge in [-0.15, -0.1) is 0 Å². The molecule has 0 atom stereocenters. The van der Waals surface area contributed by atoms with Crippen molar-refractivity contribution < 1.29 is 13.2 Å². The predicted octanol–water partition coefficient (Wildman–Crippen LogP) is 3.19. The summed E-state index contributed by atoms with van der Waals surface area (Å²) in [6.45, 7) is 0.328. The van der Waals surface area contributed by atoms with Crippen LogP contribution in [0.1, 0.15) is 38.5 Å². The third kappa shape index (κ3) is 2.88. The highest BCUT2D eigenvalue weighted by Gasteiger charge is 2.35. The third-order valence-electron chi connectivity index (χ3n) is 5.17. The summed E-state index contributed by atoms with van der Waals surface area (Å²) in [6, 6.07) is 11.3. The van der Waals surface area contributed by atoms with Crippen LogP contribution in [0, 0.1) is 0 Å². The Morgan fingerprint density at radius 2 is 1.84 bits per heavy atom. The Labute approximate surface area is 148 Å². The Bertz CT molecular complexity index is 912. The molecule has 1 saturated carbocycles. The number of rotatable bonds is 5. The van der Waals surface area contributed by atoms with Gasteiger partial charge in [0.15, 0.2) is 0 Å². The van der Waals surface area contributed by atoms with Gasteiger partial charge in [0.1, 0.15) is 0 Å². The van der Waals surface area contributed by atoms with Crippen LogP contribution in [-0.2, 0) is 14.8 Å². The fourth-order valence-electron chi connectivity index (χ4n) is 3.95. The van der Waals surface area contributed by atoms with Crippen LogP contribution in [-0.4, -0.2) is 26.9 Å². The Morgan fingerprint density at radius 1 is 1.12 bits per heavy atom. The number of anilines is 1. The largest absolute Gasteiger partial charge is 0.353 e. The van der Waals surface area contributed by atoms with Gasteiger partial charge in [0.05, 0.1) is 10.6 Å². The first-order valence-corrected chi connectivity index (χ1v) is 10.4. The number of sulfonamides is 1. The SMILES string of the molecule is O=C(CCCN1c2cccc3cccc(c23)S1(=O)=O)NC1CCCC1. The highest BCUT2D eigenvalue weighted by atomic mass is 32.2. The van der Waals surface area contributed by atoms with E-state index >= 15 is 0 Å². The van der Waals surface area contributed by atoms with Gasteiger partial charge in [0.25, 0.3) is 10.0 Å². The van der Waals surface area contributed by atoms with Crippen molar-refractivity contribution >= 4 is 32.4 Å². The number of carbonyl (C=O) groups excluding carboxylic acids is 1. The fourth-order valence-corrected chi connectivity index (χ4v) is 5.70.